The average Bonchev–Trinajstić information content (AvgIpc) is 2.29. The Morgan fingerprint density at radius 2 is 1.89 bits per heavy atom. The number of rotatable bonds is 2. The first-order chi connectivity index (χ1) is 8.52. The molecule has 2 rings (SSSR count). The van der Waals surface area contributed by atoms with Crippen LogP contribution in [0.1, 0.15) is 16.7 Å². The van der Waals surface area contributed by atoms with Crippen molar-refractivity contribution in [2.45, 2.75) is 20.4 Å². The van der Waals surface area contributed by atoms with Gasteiger partial charge in [0.15, 0.2) is 0 Å². The fraction of sp³-hybridized carbons (Fsp3) is 0.200. The molecule has 0 aliphatic heterocycles. The zero-order valence-electron chi connectivity index (χ0n) is 10.4. The Kier molecular flexibility index (Phi) is 3.69. The molecule has 1 nitrogen and oxygen atoms in total. The number of hydrogen-bond acceptors (Lipinski definition) is 1. The standard InChI is InChI=1S/C15H15ClFN/c1-9-5-10(2)15(14(17)6-9)12-4-3-11(8-18)7-13(12)16/h3-7H,8,18H2,1-2H3. The van der Waals surface area contributed by atoms with E-state index < -0.39 is 0 Å². The monoisotopic (exact) mass is 263 g/mol. The molecular weight excluding hydrogens is 249 g/mol. The Bertz CT molecular complexity index is 570. The van der Waals surface area contributed by atoms with Crippen LogP contribution in [-0.4, -0.2) is 0 Å². The van der Waals surface area contributed by atoms with Gasteiger partial charge < -0.3 is 5.73 Å². The zero-order chi connectivity index (χ0) is 13.3. The van der Waals surface area contributed by atoms with Crippen molar-refractivity contribution in [2.24, 2.45) is 5.73 Å². The molecule has 94 valence electrons. The first kappa shape index (κ1) is 13.1. The maximum absolute atomic E-state index is 14.1. The Hall–Kier alpha value is -1.38. The number of aryl methyl sites for hydroxylation is 2. The molecule has 0 atom stereocenters. The molecule has 18 heavy (non-hydrogen) atoms. The third-order valence-corrected chi connectivity index (χ3v) is 3.28. The predicted octanol–water partition coefficient (Wildman–Crippen LogP) is 4.22. The van der Waals surface area contributed by atoms with Crippen molar-refractivity contribution in [3.63, 3.8) is 0 Å². The van der Waals surface area contributed by atoms with Gasteiger partial charge in [0.25, 0.3) is 0 Å². The average molecular weight is 264 g/mol. The van der Waals surface area contributed by atoms with Gasteiger partial charge in [-0.3, -0.25) is 0 Å². The minimum Gasteiger partial charge on any atom is -0.326 e. The van der Waals surface area contributed by atoms with Gasteiger partial charge in [0, 0.05) is 22.7 Å². The van der Waals surface area contributed by atoms with Crippen molar-refractivity contribution in [2.75, 3.05) is 0 Å². The van der Waals surface area contributed by atoms with Crippen molar-refractivity contribution >= 4 is 11.6 Å². The lowest BCUT2D eigenvalue weighted by Gasteiger charge is -2.11. The second-order valence-corrected chi connectivity index (χ2v) is 4.86. The van der Waals surface area contributed by atoms with Gasteiger partial charge in [-0.05, 0) is 42.7 Å². The highest BCUT2D eigenvalue weighted by Gasteiger charge is 2.12. The summed E-state index contributed by atoms with van der Waals surface area (Å²) in [5, 5.41) is 0.531. The van der Waals surface area contributed by atoms with Gasteiger partial charge in [0.05, 0.1) is 0 Å². The summed E-state index contributed by atoms with van der Waals surface area (Å²) in [7, 11) is 0. The van der Waals surface area contributed by atoms with Crippen molar-refractivity contribution < 1.29 is 4.39 Å². The Labute approximate surface area is 111 Å². The Morgan fingerprint density at radius 3 is 2.44 bits per heavy atom. The van der Waals surface area contributed by atoms with Gasteiger partial charge in [-0.1, -0.05) is 29.8 Å². The van der Waals surface area contributed by atoms with E-state index in [4.69, 9.17) is 17.3 Å². The van der Waals surface area contributed by atoms with Gasteiger partial charge in [-0.25, -0.2) is 4.39 Å². The van der Waals surface area contributed by atoms with E-state index in [2.05, 4.69) is 0 Å². The predicted molar refractivity (Wildman–Crippen MR) is 74.2 cm³/mol. The van der Waals surface area contributed by atoms with Crippen LogP contribution in [0, 0.1) is 19.7 Å². The fourth-order valence-electron chi connectivity index (χ4n) is 2.15. The minimum atomic E-state index is -0.241. The number of nitrogens with two attached hydrogens (primary N) is 1. The first-order valence-electron chi connectivity index (χ1n) is 5.78. The summed E-state index contributed by atoms with van der Waals surface area (Å²) in [6.45, 7) is 4.19. The van der Waals surface area contributed by atoms with E-state index in [0.29, 0.717) is 22.7 Å². The van der Waals surface area contributed by atoms with Crippen LogP contribution in [0.3, 0.4) is 0 Å². The van der Waals surface area contributed by atoms with Crippen LogP contribution in [0.25, 0.3) is 11.1 Å². The van der Waals surface area contributed by atoms with E-state index in [0.717, 1.165) is 16.7 Å². The van der Waals surface area contributed by atoms with Crippen molar-refractivity contribution in [3.8, 4) is 11.1 Å². The van der Waals surface area contributed by atoms with E-state index in [9.17, 15) is 4.39 Å². The van der Waals surface area contributed by atoms with Crippen LogP contribution >= 0.6 is 11.6 Å². The highest BCUT2D eigenvalue weighted by atomic mass is 35.5. The van der Waals surface area contributed by atoms with Gasteiger partial charge in [0.2, 0.25) is 0 Å². The van der Waals surface area contributed by atoms with Crippen LogP contribution in [0.5, 0.6) is 0 Å². The third kappa shape index (κ3) is 2.40. The maximum atomic E-state index is 14.1. The van der Waals surface area contributed by atoms with E-state index in [1.54, 1.807) is 6.07 Å². The van der Waals surface area contributed by atoms with Crippen LogP contribution in [0.4, 0.5) is 4.39 Å². The molecule has 0 unspecified atom stereocenters. The smallest absolute Gasteiger partial charge is 0.131 e. The lowest BCUT2D eigenvalue weighted by molar-refractivity contribution is 0.629. The molecular formula is C15H15ClFN. The lowest BCUT2D eigenvalue weighted by atomic mass is 9.97. The molecule has 3 heteroatoms. The summed E-state index contributed by atoms with van der Waals surface area (Å²) in [4.78, 5) is 0. The van der Waals surface area contributed by atoms with Crippen LogP contribution < -0.4 is 5.73 Å². The number of halogens is 2. The summed E-state index contributed by atoms with van der Waals surface area (Å²) in [5.74, 6) is -0.241. The van der Waals surface area contributed by atoms with Gasteiger partial charge >= 0.3 is 0 Å². The van der Waals surface area contributed by atoms with Crippen LogP contribution in [-0.2, 0) is 6.54 Å². The van der Waals surface area contributed by atoms with Crippen LogP contribution in [0.2, 0.25) is 5.02 Å². The van der Waals surface area contributed by atoms with Gasteiger partial charge in [-0.15, -0.1) is 0 Å². The second-order valence-electron chi connectivity index (χ2n) is 4.46. The Morgan fingerprint density at radius 1 is 1.17 bits per heavy atom. The summed E-state index contributed by atoms with van der Waals surface area (Å²) in [5.41, 5.74) is 9.56. The SMILES string of the molecule is Cc1cc(C)c(-c2ccc(CN)cc2Cl)c(F)c1. The molecule has 0 aliphatic carbocycles. The summed E-state index contributed by atoms with van der Waals surface area (Å²) >= 11 is 6.20. The topological polar surface area (TPSA) is 26.0 Å². The normalized spacial score (nSPS) is 10.7. The molecule has 0 saturated carbocycles. The number of benzene rings is 2. The lowest BCUT2D eigenvalue weighted by Crippen LogP contribution is -1.97. The summed E-state index contributed by atoms with van der Waals surface area (Å²) in [6, 6.07) is 8.96. The second kappa shape index (κ2) is 5.09. The van der Waals surface area contributed by atoms with E-state index in [1.165, 1.54) is 6.07 Å². The minimum absolute atomic E-state index is 0.241. The molecule has 2 N–H and O–H groups in total. The molecule has 2 aromatic carbocycles. The quantitative estimate of drug-likeness (QED) is 0.862. The van der Waals surface area contributed by atoms with Gasteiger partial charge in [0.1, 0.15) is 5.82 Å². The van der Waals surface area contributed by atoms with E-state index >= 15 is 0 Å². The highest BCUT2D eigenvalue weighted by molar-refractivity contribution is 6.33. The maximum Gasteiger partial charge on any atom is 0.131 e. The first-order valence-corrected chi connectivity index (χ1v) is 6.16. The highest BCUT2D eigenvalue weighted by Crippen LogP contribution is 2.33. The molecule has 0 heterocycles. The largest absolute Gasteiger partial charge is 0.326 e. The summed E-state index contributed by atoms with van der Waals surface area (Å²) in [6.07, 6.45) is 0. The van der Waals surface area contributed by atoms with E-state index in [1.807, 2.05) is 32.0 Å². The molecule has 0 aromatic heterocycles. The Balaban J connectivity index is 2.62. The molecule has 0 fully saturated rings. The van der Waals surface area contributed by atoms with E-state index in [-0.39, 0.29) is 5.82 Å². The zero-order valence-corrected chi connectivity index (χ0v) is 11.2. The molecule has 0 saturated heterocycles. The summed E-state index contributed by atoms with van der Waals surface area (Å²) < 4.78 is 14.1. The van der Waals surface area contributed by atoms with Crippen LogP contribution in [0.15, 0.2) is 30.3 Å². The molecule has 2 aromatic rings. The van der Waals surface area contributed by atoms with Crippen molar-refractivity contribution in [1.29, 1.82) is 0 Å². The molecule has 0 amide bonds. The molecule has 0 radical (unpaired) electrons. The molecule has 0 bridgehead atoms. The molecule has 0 spiro atoms. The van der Waals surface area contributed by atoms with Crippen molar-refractivity contribution in [3.05, 3.63) is 57.9 Å². The van der Waals surface area contributed by atoms with Gasteiger partial charge in [-0.2, -0.15) is 0 Å². The third-order valence-electron chi connectivity index (χ3n) is 2.97. The molecule has 0 aliphatic rings. The fourth-order valence-corrected chi connectivity index (χ4v) is 2.44. The van der Waals surface area contributed by atoms with Crippen molar-refractivity contribution in [1.82, 2.24) is 0 Å². The number of hydrogen-bond donors (Lipinski definition) is 1.